The number of methoxy groups -OCH3 is 1. The molecular formula is C31H47N3O9. The number of nitrogens with zero attached hydrogens (tertiary/aromatic N) is 2. The molecule has 12 nitrogen and oxygen atoms in total. The largest absolute Gasteiger partial charge is 0.490 e. The van der Waals surface area contributed by atoms with Crippen molar-refractivity contribution in [3.63, 3.8) is 0 Å². The van der Waals surface area contributed by atoms with E-state index in [1.54, 1.807) is 45.0 Å². The lowest BCUT2D eigenvalue weighted by molar-refractivity contribution is -0.170. The van der Waals surface area contributed by atoms with E-state index >= 15 is 0 Å². The molecule has 43 heavy (non-hydrogen) atoms. The van der Waals surface area contributed by atoms with Gasteiger partial charge in [-0.15, -0.1) is 0 Å². The number of amides is 1. The Labute approximate surface area is 254 Å². The van der Waals surface area contributed by atoms with Crippen molar-refractivity contribution in [3.05, 3.63) is 29.8 Å². The van der Waals surface area contributed by atoms with Crippen LogP contribution in [-0.4, -0.2) is 103 Å². The summed E-state index contributed by atoms with van der Waals surface area (Å²) in [6.45, 7) is 12.6. The molecular weight excluding hydrogens is 558 g/mol. The maximum atomic E-state index is 13.1. The highest BCUT2D eigenvalue weighted by atomic mass is 16.6. The van der Waals surface area contributed by atoms with Crippen LogP contribution in [0.15, 0.2) is 24.3 Å². The third-order valence-electron chi connectivity index (χ3n) is 7.01. The smallest absolute Gasteiger partial charge is 0.410 e. The highest BCUT2D eigenvalue weighted by Crippen LogP contribution is 2.23. The van der Waals surface area contributed by atoms with E-state index in [0.29, 0.717) is 11.3 Å². The summed E-state index contributed by atoms with van der Waals surface area (Å²) in [4.78, 5) is 54.6. The molecule has 3 unspecified atom stereocenters. The molecule has 0 saturated carbocycles. The van der Waals surface area contributed by atoms with Crippen LogP contribution in [0.1, 0.15) is 66.4 Å². The van der Waals surface area contributed by atoms with Gasteiger partial charge in [0, 0.05) is 6.42 Å². The maximum absolute atomic E-state index is 13.1. The Hall–Kier alpha value is -3.38. The highest BCUT2D eigenvalue weighted by Gasteiger charge is 2.46. The summed E-state index contributed by atoms with van der Waals surface area (Å²) in [7, 11) is 1.16. The molecule has 2 aliphatic heterocycles. The monoisotopic (exact) mass is 605 g/mol. The van der Waals surface area contributed by atoms with Crippen molar-refractivity contribution in [1.82, 2.24) is 9.80 Å². The molecule has 2 N–H and O–H groups in total. The van der Waals surface area contributed by atoms with Gasteiger partial charge in [-0.05, 0) is 85.2 Å². The summed E-state index contributed by atoms with van der Waals surface area (Å²) >= 11 is 0. The minimum atomic E-state index is -2.02. The summed E-state index contributed by atoms with van der Waals surface area (Å²) in [5, 5.41) is 0. The molecule has 2 saturated heterocycles. The second-order valence-corrected chi connectivity index (χ2v) is 13.2. The Morgan fingerprint density at radius 3 is 2.12 bits per heavy atom. The van der Waals surface area contributed by atoms with E-state index in [1.807, 2.05) is 20.8 Å². The fourth-order valence-electron chi connectivity index (χ4n) is 4.95. The Morgan fingerprint density at radius 2 is 1.56 bits per heavy atom. The number of likely N-dealkylation sites (tertiary alicyclic amines) is 1. The number of hydrogen-bond acceptors (Lipinski definition) is 11. The van der Waals surface area contributed by atoms with E-state index < -0.39 is 46.9 Å². The van der Waals surface area contributed by atoms with Gasteiger partial charge in [0.15, 0.2) is 6.10 Å². The predicted molar refractivity (Wildman–Crippen MR) is 157 cm³/mol. The summed E-state index contributed by atoms with van der Waals surface area (Å²) in [5.74, 6) is -1.63. The summed E-state index contributed by atoms with van der Waals surface area (Å²) in [5.41, 5.74) is 3.31. The number of carbonyl (C=O) groups is 4. The van der Waals surface area contributed by atoms with Crippen LogP contribution >= 0.6 is 0 Å². The number of ether oxygens (including phenoxy) is 5. The molecule has 12 heteroatoms. The van der Waals surface area contributed by atoms with Gasteiger partial charge >= 0.3 is 24.0 Å². The molecule has 0 radical (unpaired) electrons. The Balaban J connectivity index is 1.59. The van der Waals surface area contributed by atoms with Crippen molar-refractivity contribution < 1.29 is 42.9 Å². The lowest BCUT2D eigenvalue weighted by atomic mass is 9.91. The number of piperidine rings is 1. The van der Waals surface area contributed by atoms with Crippen LogP contribution in [0.25, 0.3) is 0 Å². The molecule has 0 bridgehead atoms. The molecule has 0 aliphatic carbocycles. The van der Waals surface area contributed by atoms with Gasteiger partial charge < -0.3 is 34.3 Å². The van der Waals surface area contributed by atoms with Gasteiger partial charge in [0.05, 0.1) is 20.2 Å². The zero-order valence-corrected chi connectivity index (χ0v) is 26.5. The summed E-state index contributed by atoms with van der Waals surface area (Å²) in [6, 6.07) is 6.14. The fourth-order valence-corrected chi connectivity index (χ4v) is 4.95. The van der Waals surface area contributed by atoms with Gasteiger partial charge in [0.1, 0.15) is 29.6 Å². The number of rotatable bonds is 11. The van der Waals surface area contributed by atoms with Crippen LogP contribution in [0.4, 0.5) is 4.79 Å². The second-order valence-electron chi connectivity index (χ2n) is 13.2. The first kappa shape index (κ1) is 34.1. The number of carbonyl (C=O) groups excluding carboxylic acids is 4. The third-order valence-corrected chi connectivity index (χ3v) is 7.01. The molecule has 0 spiro atoms. The minimum absolute atomic E-state index is 0.100. The molecule has 3 rings (SSSR count). The van der Waals surface area contributed by atoms with Crippen LogP contribution in [0.5, 0.6) is 5.75 Å². The van der Waals surface area contributed by atoms with Crippen LogP contribution in [0, 0.1) is 0 Å². The van der Waals surface area contributed by atoms with E-state index in [2.05, 4.69) is 4.90 Å². The quantitative estimate of drug-likeness (QED) is 0.226. The van der Waals surface area contributed by atoms with Crippen LogP contribution in [0.2, 0.25) is 0 Å². The lowest BCUT2D eigenvalue weighted by Crippen LogP contribution is -2.59. The standard InChI is InChI=1S/C31H47N3O9/c1-29(2,3)42-25(35)24(33-15-9-8-10-16-33)19-34-18-23(41-28(34)38)20-40-22-13-11-21(12-14-22)17-31(32,26(36)39-7)27(37)43-30(4,5)6/h11-14,23-24H,8-10,15-20,32H2,1-7H3. The molecule has 1 aromatic rings. The van der Waals surface area contributed by atoms with E-state index in [4.69, 9.17) is 29.4 Å². The van der Waals surface area contributed by atoms with Crippen molar-refractivity contribution >= 4 is 24.0 Å². The maximum Gasteiger partial charge on any atom is 0.410 e. The molecule has 2 aliphatic rings. The van der Waals surface area contributed by atoms with Crippen molar-refractivity contribution in [2.75, 3.05) is 39.9 Å². The van der Waals surface area contributed by atoms with E-state index in [0.717, 1.165) is 39.5 Å². The van der Waals surface area contributed by atoms with Crippen LogP contribution in [-0.2, 0) is 39.8 Å². The molecule has 2 fully saturated rings. The first-order valence-corrected chi connectivity index (χ1v) is 14.8. The SMILES string of the molecule is COC(=O)C(N)(Cc1ccc(OCC2CN(CC(C(=O)OC(C)(C)C)N3CCCCC3)C(=O)O2)cc1)C(=O)OC(C)(C)C. The molecule has 1 aromatic carbocycles. The van der Waals surface area contributed by atoms with Crippen molar-refractivity contribution in [2.45, 2.75) is 96.1 Å². The van der Waals surface area contributed by atoms with Gasteiger partial charge in [-0.1, -0.05) is 18.6 Å². The average molecular weight is 606 g/mol. The molecule has 240 valence electrons. The normalized spacial score (nSPS) is 20.0. The first-order chi connectivity index (χ1) is 20.0. The second kappa shape index (κ2) is 13.9. The highest BCUT2D eigenvalue weighted by molar-refractivity contribution is 6.05. The van der Waals surface area contributed by atoms with Gasteiger partial charge in [-0.25, -0.2) is 14.4 Å². The van der Waals surface area contributed by atoms with Gasteiger partial charge in [0.2, 0.25) is 5.54 Å². The van der Waals surface area contributed by atoms with Gasteiger partial charge in [-0.3, -0.25) is 9.69 Å². The molecule has 2 heterocycles. The number of benzene rings is 1. The Bertz CT molecular complexity index is 1140. The van der Waals surface area contributed by atoms with Gasteiger partial charge in [0.25, 0.3) is 0 Å². The number of cyclic esters (lactones) is 1. The Morgan fingerprint density at radius 1 is 0.953 bits per heavy atom. The van der Waals surface area contributed by atoms with E-state index in [-0.39, 0.29) is 32.1 Å². The van der Waals surface area contributed by atoms with E-state index in [9.17, 15) is 19.2 Å². The summed E-state index contributed by atoms with van der Waals surface area (Å²) in [6.07, 6.45) is 1.94. The predicted octanol–water partition coefficient (Wildman–Crippen LogP) is 2.84. The first-order valence-electron chi connectivity index (χ1n) is 14.8. The van der Waals surface area contributed by atoms with Crippen molar-refractivity contribution in [1.29, 1.82) is 0 Å². The summed E-state index contributed by atoms with van der Waals surface area (Å²) < 4.78 is 27.2. The van der Waals surface area contributed by atoms with Crippen molar-refractivity contribution in [3.8, 4) is 5.75 Å². The number of hydrogen-bond donors (Lipinski definition) is 1. The van der Waals surface area contributed by atoms with E-state index in [1.165, 1.54) is 4.90 Å². The van der Waals surface area contributed by atoms with Crippen LogP contribution in [0.3, 0.4) is 0 Å². The third kappa shape index (κ3) is 9.82. The molecule has 3 atom stereocenters. The van der Waals surface area contributed by atoms with Crippen molar-refractivity contribution in [2.24, 2.45) is 5.73 Å². The molecule has 1 amide bonds. The zero-order chi connectivity index (χ0) is 32.0. The zero-order valence-electron chi connectivity index (χ0n) is 26.5. The average Bonchev–Trinajstić information content (AvgIpc) is 3.28. The Kier molecular flexibility index (Phi) is 11.1. The fraction of sp³-hybridized carbons (Fsp3) is 0.677. The molecule has 0 aromatic heterocycles. The van der Waals surface area contributed by atoms with Gasteiger partial charge in [-0.2, -0.15) is 0 Å². The number of nitrogens with two attached hydrogens (primary N) is 1. The van der Waals surface area contributed by atoms with Crippen LogP contribution < -0.4 is 10.5 Å². The lowest BCUT2D eigenvalue weighted by Gasteiger charge is -2.36. The minimum Gasteiger partial charge on any atom is -0.490 e. The number of esters is 3. The topological polar surface area (TPSA) is 147 Å².